The Bertz CT molecular complexity index is 1120. The monoisotopic (exact) mass is 341 g/mol. The van der Waals surface area contributed by atoms with E-state index in [-0.39, 0.29) is 0 Å². The van der Waals surface area contributed by atoms with Crippen LogP contribution in [0.25, 0.3) is 33.4 Å². The molecule has 0 amide bonds. The lowest BCUT2D eigenvalue weighted by molar-refractivity contribution is -0.659. The first kappa shape index (κ1) is 16.3. The summed E-state index contributed by atoms with van der Waals surface area (Å²) in [5.74, 6) is 0.697. The number of benzene rings is 2. The van der Waals surface area contributed by atoms with Gasteiger partial charge in [-0.2, -0.15) is 0 Å². The van der Waals surface area contributed by atoms with Crippen molar-refractivity contribution in [1.82, 2.24) is 15.0 Å². The Balaban J connectivity index is 2.08. The van der Waals surface area contributed by atoms with Crippen molar-refractivity contribution in [3.8, 4) is 22.6 Å². The molecule has 0 saturated carbocycles. The lowest BCUT2D eigenvalue weighted by Crippen LogP contribution is -2.31. The van der Waals surface area contributed by atoms with Gasteiger partial charge >= 0.3 is 0 Å². The molecule has 4 heteroatoms. The van der Waals surface area contributed by atoms with Gasteiger partial charge in [-0.25, -0.2) is 19.5 Å². The Morgan fingerprint density at radius 1 is 0.846 bits per heavy atom. The van der Waals surface area contributed by atoms with E-state index < -0.39 is 0 Å². The van der Waals surface area contributed by atoms with Gasteiger partial charge in [0.15, 0.2) is 12.0 Å². The number of aryl methyl sites for hydroxylation is 3. The summed E-state index contributed by atoms with van der Waals surface area (Å²) in [6.07, 6.45) is 5.19. The van der Waals surface area contributed by atoms with Gasteiger partial charge in [0.2, 0.25) is 5.69 Å². The zero-order chi connectivity index (χ0) is 18.3. The van der Waals surface area contributed by atoms with E-state index in [1.807, 2.05) is 0 Å². The summed E-state index contributed by atoms with van der Waals surface area (Å²) in [4.78, 5) is 12.6. The summed E-state index contributed by atoms with van der Waals surface area (Å²) in [6.45, 7) is 6.52. The maximum absolute atomic E-state index is 4.34. The third kappa shape index (κ3) is 2.64. The molecule has 2 aromatic heterocycles. The minimum atomic E-state index is 0.697. The highest BCUT2D eigenvalue weighted by atomic mass is 15.0. The standard InChI is InChI=1S/C22H21N4/c1-14-10-15(2)16(3)20(11-14)21-18-6-5-7-19(17(18)8-9-26(21)4)22-24-12-23-13-25-22/h5-13H,1-4H3/q+1. The maximum atomic E-state index is 4.34. The summed E-state index contributed by atoms with van der Waals surface area (Å²) in [7, 11) is 2.10. The van der Waals surface area contributed by atoms with E-state index >= 15 is 0 Å². The highest BCUT2D eigenvalue weighted by molar-refractivity contribution is 6.01. The van der Waals surface area contributed by atoms with Crippen molar-refractivity contribution < 1.29 is 4.57 Å². The molecule has 26 heavy (non-hydrogen) atoms. The van der Waals surface area contributed by atoms with Crippen LogP contribution in [0.2, 0.25) is 0 Å². The van der Waals surface area contributed by atoms with Crippen LogP contribution in [0.1, 0.15) is 16.7 Å². The molecule has 4 nitrogen and oxygen atoms in total. The molecule has 0 unspecified atom stereocenters. The van der Waals surface area contributed by atoms with Crippen molar-refractivity contribution >= 4 is 10.8 Å². The van der Waals surface area contributed by atoms with Gasteiger partial charge in [-0.3, -0.25) is 0 Å². The minimum Gasteiger partial charge on any atom is -0.225 e. The van der Waals surface area contributed by atoms with Gasteiger partial charge < -0.3 is 0 Å². The molecule has 0 aliphatic heterocycles. The molecule has 128 valence electrons. The average Bonchev–Trinajstić information content (AvgIpc) is 2.65. The summed E-state index contributed by atoms with van der Waals surface area (Å²) >= 11 is 0. The quantitative estimate of drug-likeness (QED) is 0.515. The third-order valence-electron chi connectivity index (χ3n) is 4.98. The molecule has 0 fully saturated rings. The maximum Gasteiger partial charge on any atom is 0.220 e. The van der Waals surface area contributed by atoms with E-state index in [9.17, 15) is 0 Å². The van der Waals surface area contributed by atoms with Crippen molar-refractivity contribution in [2.24, 2.45) is 7.05 Å². The first-order chi connectivity index (χ1) is 12.6. The van der Waals surface area contributed by atoms with Gasteiger partial charge in [-0.15, -0.1) is 0 Å². The Kier molecular flexibility index (Phi) is 3.96. The highest BCUT2D eigenvalue weighted by Gasteiger charge is 2.20. The van der Waals surface area contributed by atoms with Crippen molar-refractivity contribution in [3.63, 3.8) is 0 Å². The molecule has 4 aromatic rings. The fourth-order valence-corrected chi connectivity index (χ4v) is 3.60. The number of hydrogen-bond acceptors (Lipinski definition) is 3. The zero-order valence-corrected chi connectivity index (χ0v) is 15.5. The molecule has 0 aliphatic carbocycles. The van der Waals surface area contributed by atoms with Crippen molar-refractivity contribution in [3.05, 3.63) is 71.9 Å². The molecule has 0 saturated heterocycles. The second kappa shape index (κ2) is 6.30. The minimum absolute atomic E-state index is 0.697. The molecule has 0 radical (unpaired) electrons. The van der Waals surface area contributed by atoms with E-state index in [0.717, 1.165) is 10.9 Å². The average molecular weight is 341 g/mol. The number of hydrogen-bond donors (Lipinski definition) is 0. The Morgan fingerprint density at radius 2 is 1.62 bits per heavy atom. The van der Waals surface area contributed by atoms with E-state index in [1.165, 1.54) is 33.3 Å². The van der Waals surface area contributed by atoms with E-state index in [2.05, 4.69) is 89.9 Å². The van der Waals surface area contributed by atoms with Gasteiger partial charge in [0, 0.05) is 17.0 Å². The fourth-order valence-electron chi connectivity index (χ4n) is 3.60. The molecule has 2 heterocycles. The molecular formula is C22H21N4+. The van der Waals surface area contributed by atoms with Crippen LogP contribution in [-0.4, -0.2) is 15.0 Å². The van der Waals surface area contributed by atoms with Crippen LogP contribution in [0.15, 0.2) is 55.2 Å². The Morgan fingerprint density at radius 3 is 2.38 bits per heavy atom. The summed E-state index contributed by atoms with van der Waals surface area (Å²) < 4.78 is 2.20. The van der Waals surface area contributed by atoms with Crippen LogP contribution in [0.3, 0.4) is 0 Å². The molecular weight excluding hydrogens is 320 g/mol. The Labute approximate surface area is 153 Å². The van der Waals surface area contributed by atoms with Crippen molar-refractivity contribution in [2.45, 2.75) is 20.8 Å². The zero-order valence-electron chi connectivity index (χ0n) is 15.5. The second-order valence-corrected chi connectivity index (χ2v) is 6.76. The molecule has 2 aromatic carbocycles. The molecule has 0 aliphatic rings. The first-order valence-electron chi connectivity index (χ1n) is 8.68. The summed E-state index contributed by atoms with van der Waals surface area (Å²) in [6, 6.07) is 13.0. The van der Waals surface area contributed by atoms with Crippen LogP contribution in [-0.2, 0) is 7.05 Å². The molecule has 0 spiro atoms. The van der Waals surface area contributed by atoms with Crippen molar-refractivity contribution in [1.29, 1.82) is 0 Å². The SMILES string of the molecule is Cc1cc(C)c(C)c(-c2c3cccc(-c4ncncn4)c3cc[n+]2C)c1. The van der Waals surface area contributed by atoms with Gasteiger partial charge in [-0.1, -0.05) is 23.8 Å². The van der Waals surface area contributed by atoms with E-state index in [4.69, 9.17) is 0 Å². The van der Waals surface area contributed by atoms with Gasteiger partial charge in [0.1, 0.15) is 19.7 Å². The molecule has 4 rings (SSSR count). The van der Waals surface area contributed by atoms with Crippen LogP contribution in [0, 0.1) is 20.8 Å². The predicted octanol–water partition coefficient (Wildman–Crippen LogP) is 4.11. The fraction of sp³-hybridized carbons (Fsp3) is 0.182. The number of rotatable bonds is 2. The molecule has 0 bridgehead atoms. The van der Waals surface area contributed by atoms with Crippen LogP contribution in [0.4, 0.5) is 0 Å². The lowest BCUT2D eigenvalue weighted by Gasteiger charge is -2.12. The second-order valence-electron chi connectivity index (χ2n) is 6.76. The topological polar surface area (TPSA) is 42.6 Å². The summed E-state index contributed by atoms with van der Waals surface area (Å²) in [5, 5.41) is 2.34. The van der Waals surface area contributed by atoms with E-state index in [0.29, 0.717) is 5.82 Å². The van der Waals surface area contributed by atoms with Crippen LogP contribution < -0.4 is 4.57 Å². The smallest absolute Gasteiger partial charge is 0.220 e. The van der Waals surface area contributed by atoms with Gasteiger partial charge in [-0.05, 0) is 44.0 Å². The van der Waals surface area contributed by atoms with Crippen molar-refractivity contribution in [2.75, 3.05) is 0 Å². The third-order valence-corrected chi connectivity index (χ3v) is 4.98. The molecule has 0 atom stereocenters. The number of aromatic nitrogens is 4. The van der Waals surface area contributed by atoms with Crippen LogP contribution in [0.5, 0.6) is 0 Å². The van der Waals surface area contributed by atoms with Gasteiger partial charge in [0.05, 0.1) is 10.9 Å². The first-order valence-corrected chi connectivity index (χ1v) is 8.68. The summed E-state index contributed by atoms with van der Waals surface area (Å²) in [5.41, 5.74) is 7.39. The lowest BCUT2D eigenvalue weighted by atomic mass is 9.93. The largest absolute Gasteiger partial charge is 0.225 e. The van der Waals surface area contributed by atoms with Crippen LogP contribution >= 0.6 is 0 Å². The highest BCUT2D eigenvalue weighted by Crippen LogP contribution is 2.33. The number of fused-ring (bicyclic) bond motifs is 1. The number of pyridine rings is 1. The van der Waals surface area contributed by atoms with Gasteiger partial charge in [0.25, 0.3) is 0 Å². The molecule has 0 N–H and O–H groups in total. The normalized spacial score (nSPS) is 11.1. The number of nitrogens with zero attached hydrogens (tertiary/aromatic N) is 4. The predicted molar refractivity (Wildman–Crippen MR) is 104 cm³/mol. The Hall–Kier alpha value is -3.14. The van der Waals surface area contributed by atoms with E-state index in [1.54, 1.807) is 12.7 Å².